The van der Waals surface area contributed by atoms with Crippen LogP contribution in [0.5, 0.6) is 0 Å². The molecule has 1 aromatic heterocycles. The molecular weight excluding hydrogens is 208 g/mol. The van der Waals surface area contributed by atoms with Gasteiger partial charge in [0.2, 0.25) is 5.91 Å². The summed E-state index contributed by atoms with van der Waals surface area (Å²) in [5, 5.41) is 6.47. The maximum atomic E-state index is 11.4. The minimum Gasteiger partial charge on any atom is -0.397 e. The first-order valence-corrected chi connectivity index (χ1v) is 5.08. The minimum atomic E-state index is -0.375. The molecule has 0 unspecified atom stereocenters. The summed E-state index contributed by atoms with van der Waals surface area (Å²) in [5.41, 5.74) is 5.30. The molecule has 16 heavy (non-hydrogen) atoms. The number of nitrogens with two attached hydrogens (primary N) is 1. The first kappa shape index (κ1) is 12.2. The van der Waals surface area contributed by atoms with Crippen molar-refractivity contribution in [2.45, 2.75) is 20.4 Å². The first-order chi connectivity index (χ1) is 7.49. The van der Waals surface area contributed by atoms with Gasteiger partial charge in [-0.2, -0.15) is 5.10 Å². The normalized spacial score (nSPS) is 10.4. The highest BCUT2D eigenvalue weighted by Gasteiger charge is 2.05. The van der Waals surface area contributed by atoms with Crippen molar-refractivity contribution in [1.82, 2.24) is 15.1 Å². The Morgan fingerprint density at radius 1 is 1.62 bits per heavy atom. The molecule has 0 aliphatic rings. The van der Waals surface area contributed by atoms with Gasteiger partial charge in [-0.15, -0.1) is 0 Å². The fourth-order valence-corrected chi connectivity index (χ4v) is 1.08. The van der Waals surface area contributed by atoms with Crippen molar-refractivity contribution in [1.29, 1.82) is 0 Å². The molecule has 0 saturated heterocycles. The van der Waals surface area contributed by atoms with Crippen LogP contribution in [0.1, 0.15) is 13.8 Å². The number of anilines is 1. The fourth-order valence-electron chi connectivity index (χ4n) is 1.08. The van der Waals surface area contributed by atoms with Gasteiger partial charge in [-0.05, 0) is 5.92 Å². The lowest BCUT2D eigenvalue weighted by Crippen LogP contribution is -2.35. The summed E-state index contributed by atoms with van der Waals surface area (Å²) in [6.45, 7) is 4.50. The number of hydrogen-bond acceptors (Lipinski definition) is 4. The van der Waals surface area contributed by atoms with Crippen molar-refractivity contribution in [2.24, 2.45) is 5.92 Å². The molecule has 0 atom stereocenters. The average molecular weight is 224 g/mol. The molecule has 6 heteroatoms. The van der Waals surface area contributed by atoms with Gasteiger partial charge in [0.1, 0.15) is 6.54 Å². The van der Waals surface area contributed by atoms with Crippen LogP contribution in [0, 0.1) is 5.92 Å². The molecule has 0 spiro atoms. The van der Waals surface area contributed by atoms with Crippen molar-refractivity contribution in [3.63, 3.8) is 0 Å². The lowest BCUT2D eigenvalue weighted by atomic mass is 10.2. The van der Waals surface area contributed by atoms with Crippen molar-refractivity contribution in [3.8, 4) is 0 Å². The highest BCUT2D eigenvalue weighted by Crippen LogP contribution is 1.91. The van der Waals surface area contributed by atoms with Gasteiger partial charge >= 0.3 is 0 Å². The number of rotatable bonds is 4. The zero-order valence-corrected chi connectivity index (χ0v) is 9.43. The van der Waals surface area contributed by atoms with Crippen molar-refractivity contribution >= 4 is 11.6 Å². The molecule has 88 valence electrons. The smallest absolute Gasteiger partial charge is 0.269 e. The number of carbonyl (C=O) groups excluding carboxylic acids is 1. The van der Waals surface area contributed by atoms with Crippen LogP contribution in [0.4, 0.5) is 5.69 Å². The lowest BCUT2D eigenvalue weighted by Gasteiger charge is -2.08. The monoisotopic (exact) mass is 224 g/mol. The Hall–Kier alpha value is -1.85. The quantitative estimate of drug-likeness (QED) is 0.728. The largest absolute Gasteiger partial charge is 0.397 e. The van der Waals surface area contributed by atoms with Gasteiger partial charge < -0.3 is 11.1 Å². The number of nitrogen functional groups attached to an aromatic ring is 1. The standard InChI is InChI=1S/C10H16N4O2/c1-7(2)4-12-9(15)6-14-10(16)3-8(11)5-13-14/h3,5,7H,4,6,11H2,1-2H3,(H,12,15). The third-order valence-corrected chi connectivity index (χ3v) is 1.89. The first-order valence-electron chi connectivity index (χ1n) is 5.08. The second kappa shape index (κ2) is 5.29. The van der Waals surface area contributed by atoms with Crippen LogP contribution in [0.3, 0.4) is 0 Å². The van der Waals surface area contributed by atoms with Crippen LogP contribution in [0.2, 0.25) is 0 Å². The van der Waals surface area contributed by atoms with Crippen LogP contribution in [0.15, 0.2) is 17.1 Å². The van der Waals surface area contributed by atoms with Gasteiger partial charge in [-0.3, -0.25) is 9.59 Å². The molecule has 0 aliphatic carbocycles. The summed E-state index contributed by atoms with van der Waals surface area (Å²) < 4.78 is 1.08. The summed E-state index contributed by atoms with van der Waals surface area (Å²) in [6, 6.07) is 1.24. The Bertz CT molecular complexity index is 425. The van der Waals surface area contributed by atoms with E-state index in [1.54, 1.807) is 0 Å². The molecule has 0 aromatic carbocycles. The van der Waals surface area contributed by atoms with E-state index in [1.807, 2.05) is 13.8 Å². The summed E-state index contributed by atoms with van der Waals surface area (Å²) in [4.78, 5) is 22.8. The van der Waals surface area contributed by atoms with E-state index in [1.165, 1.54) is 12.3 Å². The number of amides is 1. The lowest BCUT2D eigenvalue weighted by molar-refractivity contribution is -0.122. The van der Waals surface area contributed by atoms with Crippen LogP contribution in [0.25, 0.3) is 0 Å². The number of aromatic nitrogens is 2. The molecule has 0 radical (unpaired) electrons. The molecule has 1 heterocycles. The van der Waals surface area contributed by atoms with E-state index in [9.17, 15) is 9.59 Å². The third-order valence-electron chi connectivity index (χ3n) is 1.89. The summed E-state index contributed by atoms with van der Waals surface area (Å²) >= 11 is 0. The van der Waals surface area contributed by atoms with E-state index < -0.39 is 0 Å². The van der Waals surface area contributed by atoms with Crippen LogP contribution < -0.4 is 16.6 Å². The molecule has 3 N–H and O–H groups in total. The Morgan fingerprint density at radius 3 is 2.88 bits per heavy atom. The van der Waals surface area contributed by atoms with E-state index in [0.717, 1.165) is 4.68 Å². The van der Waals surface area contributed by atoms with Gasteiger partial charge in [0.15, 0.2) is 0 Å². The summed E-state index contributed by atoms with van der Waals surface area (Å²) in [6.07, 6.45) is 1.34. The maximum Gasteiger partial charge on any atom is 0.269 e. The van der Waals surface area contributed by atoms with E-state index in [0.29, 0.717) is 18.2 Å². The molecular formula is C10H16N4O2. The minimum absolute atomic E-state index is 0.0775. The number of hydrogen-bond donors (Lipinski definition) is 2. The highest BCUT2D eigenvalue weighted by molar-refractivity contribution is 5.75. The molecule has 0 aliphatic heterocycles. The maximum absolute atomic E-state index is 11.4. The SMILES string of the molecule is CC(C)CNC(=O)Cn1ncc(N)cc1=O. The van der Waals surface area contributed by atoms with E-state index in [-0.39, 0.29) is 18.0 Å². The van der Waals surface area contributed by atoms with Crippen LogP contribution in [-0.2, 0) is 11.3 Å². The van der Waals surface area contributed by atoms with Gasteiger partial charge in [-0.1, -0.05) is 13.8 Å². The van der Waals surface area contributed by atoms with E-state index in [2.05, 4.69) is 10.4 Å². The second-order valence-electron chi connectivity index (χ2n) is 3.98. The summed E-state index contributed by atoms with van der Waals surface area (Å²) in [5.74, 6) is 0.146. The Morgan fingerprint density at radius 2 is 2.31 bits per heavy atom. The van der Waals surface area contributed by atoms with E-state index in [4.69, 9.17) is 5.73 Å². The molecule has 0 bridgehead atoms. The van der Waals surface area contributed by atoms with Gasteiger partial charge in [0, 0.05) is 12.6 Å². The number of nitrogens with zero attached hydrogens (tertiary/aromatic N) is 2. The van der Waals surface area contributed by atoms with Crippen molar-refractivity contribution < 1.29 is 4.79 Å². The van der Waals surface area contributed by atoms with Gasteiger partial charge in [-0.25, -0.2) is 4.68 Å². The van der Waals surface area contributed by atoms with Crippen molar-refractivity contribution in [2.75, 3.05) is 12.3 Å². The zero-order chi connectivity index (χ0) is 12.1. The highest BCUT2D eigenvalue weighted by atomic mass is 16.2. The van der Waals surface area contributed by atoms with Gasteiger partial charge in [0.25, 0.3) is 5.56 Å². The molecule has 1 rings (SSSR count). The van der Waals surface area contributed by atoms with E-state index >= 15 is 0 Å². The molecule has 0 saturated carbocycles. The summed E-state index contributed by atoms with van der Waals surface area (Å²) in [7, 11) is 0. The molecule has 6 nitrogen and oxygen atoms in total. The Kier molecular flexibility index (Phi) is 4.04. The van der Waals surface area contributed by atoms with Crippen LogP contribution in [-0.4, -0.2) is 22.2 Å². The topological polar surface area (TPSA) is 90.0 Å². The Labute approximate surface area is 93.5 Å². The Balaban J connectivity index is 2.60. The molecule has 0 fully saturated rings. The third kappa shape index (κ3) is 3.72. The predicted octanol–water partition coefficient (Wildman–Crippen LogP) is -0.402. The molecule has 1 amide bonds. The van der Waals surface area contributed by atoms with Crippen LogP contribution >= 0.6 is 0 Å². The molecule has 1 aromatic rings. The van der Waals surface area contributed by atoms with Gasteiger partial charge in [0.05, 0.1) is 11.9 Å². The predicted molar refractivity (Wildman–Crippen MR) is 60.8 cm³/mol. The van der Waals surface area contributed by atoms with Crippen molar-refractivity contribution in [3.05, 3.63) is 22.6 Å². The fraction of sp³-hybridized carbons (Fsp3) is 0.500. The average Bonchev–Trinajstić information content (AvgIpc) is 2.19. The number of carbonyl (C=O) groups is 1. The second-order valence-corrected chi connectivity index (χ2v) is 3.98. The number of nitrogens with one attached hydrogen (secondary N) is 1. The zero-order valence-electron chi connectivity index (χ0n) is 9.43.